The quantitative estimate of drug-likeness (QED) is 0.751. The lowest BCUT2D eigenvalue weighted by Crippen LogP contribution is -2.53. The van der Waals surface area contributed by atoms with Gasteiger partial charge in [0.15, 0.2) is 0 Å². The van der Waals surface area contributed by atoms with Gasteiger partial charge in [-0.05, 0) is 55.2 Å². The first-order valence-electron chi connectivity index (χ1n) is 11.1. The Balaban J connectivity index is 1.48. The first kappa shape index (κ1) is 22.5. The van der Waals surface area contributed by atoms with Crippen LogP contribution in [0.3, 0.4) is 0 Å². The van der Waals surface area contributed by atoms with Crippen molar-refractivity contribution in [1.82, 2.24) is 20.7 Å². The van der Waals surface area contributed by atoms with E-state index in [9.17, 15) is 18.0 Å². The van der Waals surface area contributed by atoms with Crippen LogP contribution >= 0.6 is 0 Å². The number of hydrogen-bond donors (Lipinski definition) is 2. The fraction of sp³-hybridized carbons (Fsp3) is 0.727. The predicted molar refractivity (Wildman–Crippen MR) is 109 cm³/mol. The van der Waals surface area contributed by atoms with Crippen molar-refractivity contribution < 1.29 is 22.7 Å². The SMILES string of the molecule is CC(C)[C@]1(C(=O)N2Cc3cc(C(F)(F)F)ncc3CN2)CC[C@@H](NC2CCOCC2)C1. The van der Waals surface area contributed by atoms with Crippen LogP contribution in [-0.2, 0) is 28.8 Å². The Kier molecular flexibility index (Phi) is 6.29. The first-order chi connectivity index (χ1) is 14.7. The number of nitrogens with one attached hydrogen (secondary N) is 2. The van der Waals surface area contributed by atoms with E-state index in [4.69, 9.17) is 4.74 Å². The molecule has 1 aliphatic carbocycles. The number of ether oxygens (including phenoxy) is 1. The van der Waals surface area contributed by atoms with Crippen molar-refractivity contribution in [2.45, 2.75) is 77.3 Å². The van der Waals surface area contributed by atoms with Gasteiger partial charge >= 0.3 is 6.18 Å². The summed E-state index contributed by atoms with van der Waals surface area (Å²) in [4.78, 5) is 17.2. The van der Waals surface area contributed by atoms with Crippen molar-refractivity contribution in [1.29, 1.82) is 0 Å². The second kappa shape index (κ2) is 8.67. The maximum atomic E-state index is 13.7. The van der Waals surface area contributed by atoms with Crippen LogP contribution in [0.4, 0.5) is 13.2 Å². The molecule has 0 radical (unpaired) electrons. The third-order valence-electron chi connectivity index (χ3n) is 7.18. The van der Waals surface area contributed by atoms with Gasteiger partial charge in [0, 0.05) is 38.0 Å². The normalized spacial score (nSPS) is 27.5. The van der Waals surface area contributed by atoms with Gasteiger partial charge in [0.2, 0.25) is 5.91 Å². The van der Waals surface area contributed by atoms with Crippen molar-refractivity contribution in [2.75, 3.05) is 13.2 Å². The van der Waals surface area contributed by atoms with Gasteiger partial charge < -0.3 is 10.1 Å². The Morgan fingerprint density at radius 2 is 2.00 bits per heavy atom. The second-order valence-corrected chi connectivity index (χ2v) is 9.37. The van der Waals surface area contributed by atoms with Gasteiger partial charge in [0.1, 0.15) is 5.69 Å². The van der Waals surface area contributed by atoms with Crippen LogP contribution in [0.15, 0.2) is 12.3 Å². The summed E-state index contributed by atoms with van der Waals surface area (Å²) in [5.74, 6) is 0.114. The van der Waals surface area contributed by atoms with Gasteiger partial charge in [-0.2, -0.15) is 13.2 Å². The number of amides is 1. The van der Waals surface area contributed by atoms with Crippen LogP contribution in [0.5, 0.6) is 0 Å². The van der Waals surface area contributed by atoms with E-state index in [1.54, 1.807) is 0 Å². The van der Waals surface area contributed by atoms with E-state index in [0.717, 1.165) is 51.4 Å². The van der Waals surface area contributed by atoms with E-state index in [-0.39, 0.29) is 24.4 Å². The molecule has 2 N–H and O–H groups in total. The number of pyridine rings is 1. The number of alkyl halides is 3. The molecule has 1 saturated carbocycles. The molecule has 3 heterocycles. The fourth-order valence-electron chi connectivity index (χ4n) is 5.19. The van der Waals surface area contributed by atoms with Crippen LogP contribution in [0.25, 0.3) is 0 Å². The number of fused-ring (bicyclic) bond motifs is 1. The summed E-state index contributed by atoms with van der Waals surface area (Å²) in [6.07, 6.45) is 1.18. The Labute approximate surface area is 180 Å². The van der Waals surface area contributed by atoms with E-state index in [0.29, 0.717) is 23.7 Å². The van der Waals surface area contributed by atoms with Gasteiger partial charge in [-0.3, -0.25) is 14.8 Å². The van der Waals surface area contributed by atoms with Crippen molar-refractivity contribution in [3.63, 3.8) is 0 Å². The van der Waals surface area contributed by atoms with E-state index >= 15 is 0 Å². The number of carbonyl (C=O) groups excluding carboxylic acids is 1. The fourth-order valence-corrected chi connectivity index (χ4v) is 5.19. The van der Waals surface area contributed by atoms with E-state index < -0.39 is 17.3 Å². The Morgan fingerprint density at radius 3 is 2.68 bits per heavy atom. The number of hydrazine groups is 1. The molecule has 1 amide bonds. The zero-order chi connectivity index (χ0) is 22.2. The molecular formula is C22H31F3N4O2. The van der Waals surface area contributed by atoms with E-state index in [2.05, 4.69) is 29.6 Å². The average molecular weight is 441 g/mol. The highest BCUT2D eigenvalue weighted by Crippen LogP contribution is 2.46. The molecule has 2 aliphatic heterocycles. The van der Waals surface area contributed by atoms with Crippen LogP contribution in [-0.4, -0.2) is 41.2 Å². The number of carbonyl (C=O) groups is 1. The molecule has 6 nitrogen and oxygen atoms in total. The Morgan fingerprint density at radius 1 is 1.26 bits per heavy atom. The van der Waals surface area contributed by atoms with Crippen molar-refractivity contribution >= 4 is 5.91 Å². The van der Waals surface area contributed by atoms with E-state index in [1.807, 2.05) is 0 Å². The summed E-state index contributed by atoms with van der Waals surface area (Å²) in [5, 5.41) is 5.25. The first-order valence-corrected chi connectivity index (χ1v) is 11.1. The zero-order valence-electron chi connectivity index (χ0n) is 18.1. The predicted octanol–water partition coefficient (Wildman–Crippen LogP) is 3.41. The topological polar surface area (TPSA) is 66.5 Å². The highest BCUT2D eigenvalue weighted by Gasteiger charge is 2.50. The third kappa shape index (κ3) is 4.59. The lowest BCUT2D eigenvalue weighted by atomic mass is 9.74. The number of rotatable bonds is 4. The van der Waals surface area contributed by atoms with Crippen LogP contribution in [0, 0.1) is 11.3 Å². The number of aromatic nitrogens is 1. The van der Waals surface area contributed by atoms with Gasteiger partial charge in [0.25, 0.3) is 0 Å². The molecule has 3 aliphatic rings. The molecule has 1 aromatic rings. The number of nitrogens with zero attached hydrogens (tertiary/aromatic N) is 2. The molecule has 4 rings (SSSR count). The molecule has 172 valence electrons. The molecule has 2 atom stereocenters. The molecular weight excluding hydrogens is 409 g/mol. The Hall–Kier alpha value is -1.71. The van der Waals surface area contributed by atoms with Gasteiger partial charge in [-0.15, -0.1) is 0 Å². The highest BCUT2D eigenvalue weighted by atomic mass is 19.4. The number of halogens is 3. The lowest BCUT2D eigenvalue weighted by Gasteiger charge is -2.40. The van der Waals surface area contributed by atoms with Crippen molar-refractivity contribution in [3.8, 4) is 0 Å². The van der Waals surface area contributed by atoms with Crippen molar-refractivity contribution in [3.05, 3.63) is 29.1 Å². The molecule has 1 saturated heterocycles. The monoisotopic (exact) mass is 440 g/mol. The largest absolute Gasteiger partial charge is 0.433 e. The van der Waals surface area contributed by atoms with Gasteiger partial charge in [-0.1, -0.05) is 13.8 Å². The molecule has 1 aromatic heterocycles. The Bertz CT molecular complexity index is 810. The minimum Gasteiger partial charge on any atom is -0.381 e. The minimum absolute atomic E-state index is 0.0187. The van der Waals surface area contributed by atoms with Crippen LogP contribution in [0.2, 0.25) is 0 Å². The third-order valence-corrected chi connectivity index (χ3v) is 7.18. The lowest BCUT2D eigenvalue weighted by molar-refractivity contribution is -0.150. The maximum Gasteiger partial charge on any atom is 0.433 e. The summed E-state index contributed by atoms with van der Waals surface area (Å²) in [6, 6.07) is 1.76. The van der Waals surface area contributed by atoms with E-state index in [1.165, 1.54) is 11.2 Å². The highest BCUT2D eigenvalue weighted by molar-refractivity contribution is 5.83. The van der Waals surface area contributed by atoms with Crippen LogP contribution < -0.4 is 10.7 Å². The summed E-state index contributed by atoms with van der Waals surface area (Å²) in [7, 11) is 0. The van der Waals surface area contributed by atoms with Gasteiger partial charge in [0.05, 0.1) is 12.0 Å². The average Bonchev–Trinajstić information content (AvgIpc) is 3.17. The molecule has 0 spiro atoms. The standard InChI is InChI=1S/C22H31F3N4O2/c1-14(2)21(6-3-18(10-21)28-17-4-7-31-8-5-17)20(30)29-13-15-9-19(22(23,24)25)26-11-16(15)12-27-29/h9,11,14,17-18,27-28H,3-8,10,12-13H2,1-2H3/t18-,21+/m1/s1. The molecule has 0 unspecified atom stereocenters. The minimum atomic E-state index is -4.50. The van der Waals surface area contributed by atoms with Crippen LogP contribution in [0.1, 0.15) is 62.8 Å². The summed E-state index contributed by atoms with van der Waals surface area (Å²) >= 11 is 0. The summed E-state index contributed by atoms with van der Waals surface area (Å²) < 4.78 is 44.7. The molecule has 31 heavy (non-hydrogen) atoms. The summed E-state index contributed by atoms with van der Waals surface area (Å²) in [5.41, 5.74) is 2.87. The molecule has 9 heteroatoms. The second-order valence-electron chi connectivity index (χ2n) is 9.37. The number of hydrogen-bond acceptors (Lipinski definition) is 5. The molecule has 0 bridgehead atoms. The maximum absolute atomic E-state index is 13.7. The van der Waals surface area contributed by atoms with Crippen molar-refractivity contribution in [2.24, 2.45) is 11.3 Å². The molecule has 0 aromatic carbocycles. The molecule has 2 fully saturated rings. The smallest absolute Gasteiger partial charge is 0.381 e. The van der Waals surface area contributed by atoms with Gasteiger partial charge in [-0.25, -0.2) is 5.43 Å². The zero-order valence-corrected chi connectivity index (χ0v) is 18.1. The summed E-state index contributed by atoms with van der Waals surface area (Å²) in [6.45, 7) is 6.09.